The Kier molecular flexibility index (Phi) is 5.13. The quantitative estimate of drug-likeness (QED) is 0.810. The van der Waals surface area contributed by atoms with E-state index in [4.69, 9.17) is 5.11 Å². The van der Waals surface area contributed by atoms with E-state index in [-0.39, 0.29) is 11.8 Å². The minimum absolute atomic E-state index is 0.157. The van der Waals surface area contributed by atoms with Gasteiger partial charge in [0.1, 0.15) is 6.04 Å². The van der Waals surface area contributed by atoms with Crippen LogP contribution in [0.3, 0.4) is 0 Å². The summed E-state index contributed by atoms with van der Waals surface area (Å²) in [6, 6.07) is 4.44. The highest BCUT2D eigenvalue weighted by Gasteiger charge is 2.23. The van der Waals surface area contributed by atoms with E-state index in [1.165, 1.54) is 0 Å². The maximum absolute atomic E-state index is 11.9. The first-order valence-electron chi connectivity index (χ1n) is 5.62. The molecule has 0 saturated carbocycles. The number of hydrogen-bond acceptors (Lipinski definition) is 2. The zero-order chi connectivity index (χ0) is 13.9. The molecule has 0 aromatic heterocycles. The summed E-state index contributed by atoms with van der Waals surface area (Å²) < 4.78 is 0.983. The number of carbonyl (C=O) groups excluding carboxylic acids is 1. The van der Waals surface area contributed by atoms with Crippen LogP contribution < -0.4 is 5.32 Å². The average molecular weight is 361 g/mol. The largest absolute Gasteiger partial charge is 0.480 e. The molecule has 1 rings (SSSR count). The molecule has 0 bridgehead atoms. The monoisotopic (exact) mass is 361 g/mol. The fourth-order valence-corrected chi connectivity index (χ4v) is 1.99. The van der Waals surface area contributed by atoms with Crippen LogP contribution in [0, 0.1) is 16.4 Å². The molecule has 0 aliphatic rings. The van der Waals surface area contributed by atoms with Gasteiger partial charge in [-0.15, -0.1) is 0 Å². The van der Waals surface area contributed by atoms with Gasteiger partial charge < -0.3 is 10.4 Å². The van der Waals surface area contributed by atoms with Gasteiger partial charge in [0.25, 0.3) is 5.91 Å². The van der Waals surface area contributed by atoms with E-state index in [1.807, 2.05) is 13.0 Å². The smallest absolute Gasteiger partial charge is 0.326 e. The molecule has 0 aliphatic heterocycles. The molecule has 5 heteroatoms. The van der Waals surface area contributed by atoms with Crippen molar-refractivity contribution in [2.45, 2.75) is 26.8 Å². The number of halogens is 1. The summed E-state index contributed by atoms with van der Waals surface area (Å²) in [6.07, 6.45) is 0. The van der Waals surface area contributed by atoms with Crippen molar-refractivity contribution in [1.29, 1.82) is 0 Å². The summed E-state index contributed by atoms with van der Waals surface area (Å²) >= 11 is 2.15. The number of nitrogens with one attached hydrogen (secondary N) is 1. The molecule has 2 N–H and O–H groups in total. The Morgan fingerprint density at radius 1 is 1.33 bits per heavy atom. The molecule has 98 valence electrons. The standard InChI is InChI=1S/C13H16INO3/c1-7(2)11(13(17)18)15-12(16)9-5-4-8(3)10(14)6-9/h4-7,11H,1-3H3,(H,15,16)(H,17,18)/t11-/m0/s1. The van der Waals surface area contributed by atoms with Crippen molar-refractivity contribution >= 4 is 34.5 Å². The topological polar surface area (TPSA) is 66.4 Å². The third-order valence-corrected chi connectivity index (χ3v) is 3.82. The van der Waals surface area contributed by atoms with E-state index in [9.17, 15) is 9.59 Å². The summed E-state index contributed by atoms with van der Waals surface area (Å²) in [6.45, 7) is 5.48. The molecule has 1 amide bonds. The number of hydrogen-bond donors (Lipinski definition) is 2. The lowest BCUT2D eigenvalue weighted by Gasteiger charge is -2.18. The summed E-state index contributed by atoms with van der Waals surface area (Å²) in [5, 5.41) is 11.6. The fraction of sp³-hybridized carbons (Fsp3) is 0.385. The zero-order valence-corrected chi connectivity index (χ0v) is 12.7. The lowest BCUT2D eigenvalue weighted by molar-refractivity contribution is -0.140. The van der Waals surface area contributed by atoms with Gasteiger partial charge in [-0.2, -0.15) is 0 Å². The molecule has 0 spiro atoms. The number of carbonyl (C=O) groups is 2. The maximum atomic E-state index is 11.9. The van der Waals surface area contributed by atoms with Crippen LogP contribution in [0.5, 0.6) is 0 Å². The first-order valence-corrected chi connectivity index (χ1v) is 6.70. The van der Waals surface area contributed by atoms with Crippen LogP contribution in [-0.2, 0) is 4.79 Å². The van der Waals surface area contributed by atoms with Crippen LogP contribution in [0.2, 0.25) is 0 Å². The van der Waals surface area contributed by atoms with Crippen LogP contribution in [-0.4, -0.2) is 23.0 Å². The van der Waals surface area contributed by atoms with Gasteiger partial charge in [0, 0.05) is 9.13 Å². The normalized spacial score (nSPS) is 12.3. The van der Waals surface area contributed by atoms with E-state index >= 15 is 0 Å². The summed E-state index contributed by atoms with van der Waals surface area (Å²) in [7, 11) is 0. The Balaban J connectivity index is 2.87. The summed E-state index contributed by atoms with van der Waals surface area (Å²) in [5.41, 5.74) is 1.57. The highest BCUT2D eigenvalue weighted by Crippen LogP contribution is 2.14. The van der Waals surface area contributed by atoms with E-state index in [0.717, 1.165) is 9.13 Å². The molecule has 4 nitrogen and oxygen atoms in total. The summed E-state index contributed by atoms with van der Waals surface area (Å²) in [5.74, 6) is -1.52. The van der Waals surface area contributed by atoms with Gasteiger partial charge in [0.05, 0.1) is 0 Å². The molecule has 1 aromatic rings. The highest BCUT2D eigenvalue weighted by molar-refractivity contribution is 14.1. The molecule has 1 atom stereocenters. The third kappa shape index (κ3) is 3.69. The van der Waals surface area contributed by atoms with Gasteiger partial charge in [-0.25, -0.2) is 4.79 Å². The molecule has 18 heavy (non-hydrogen) atoms. The molecular weight excluding hydrogens is 345 g/mol. The molecule has 0 unspecified atom stereocenters. The van der Waals surface area contributed by atoms with E-state index < -0.39 is 12.0 Å². The minimum Gasteiger partial charge on any atom is -0.480 e. The van der Waals surface area contributed by atoms with Gasteiger partial charge >= 0.3 is 5.97 Å². The Hall–Kier alpha value is -1.11. The van der Waals surface area contributed by atoms with Crippen LogP contribution in [0.4, 0.5) is 0 Å². The Morgan fingerprint density at radius 3 is 2.39 bits per heavy atom. The molecule has 0 fully saturated rings. The third-order valence-electron chi connectivity index (χ3n) is 2.65. The first kappa shape index (κ1) is 14.9. The first-order chi connectivity index (χ1) is 8.32. The molecule has 1 aromatic carbocycles. The molecule has 0 aliphatic carbocycles. The van der Waals surface area contributed by atoms with Gasteiger partial charge in [-0.05, 0) is 53.1 Å². The van der Waals surface area contributed by atoms with E-state index in [2.05, 4.69) is 27.9 Å². The number of carboxylic acid groups (broad SMARTS) is 1. The van der Waals surface area contributed by atoms with Gasteiger partial charge in [0.15, 0.2) is 0 Å². The number of benzene rings is 1. The van der Waals surface area contributed by atoms with E-state index in [0.29, 0.717) is 5.56 Å². The average Bonchev–Trinajstić information content (AvgIpc) is 2.28. The van der Waals surface area contributed by atoms with Crippen LogP contribution >= 0.6 is 22.6 Å². The fourth-order valence-electron chi connectivity index (χ4n) is 1.47. The number of aliphatic carboxylic acids is 1. The number of amides is 1. The summed E-state index contributed by atoms with van der Waals surface area (Å²) in [4.78, 5) is 23.0. The molecular formula is C13H16INO3. The second-order valence-electron chi connectivity index (χ2n) is 4.50. The van der Waals surface area contributed by atoms with Crippen molar-refractivity contribution in [1.82, 2.24) is 5.32 Å². The van der Waals surface area contributed by atoms with E-state index in [1.54, 1.807) is 26.0 Å². The van der Waals surface area contributed by atoms with Crippen molar-refractivity contribution in [2.24, 2.45) is 5.92 Å². The highest BCUT2D eigenvalue weighted by atomic mass is 127. The minimum atomic E-state index is -1.01. The van der Waals surface area contributed by atoms with Crippen molar-refractivity contribution in [2.75, 3.05) is 0 Å². The van der Waals surface area contributed by atoms with Crippen LogP contribution in [0.1, 0.15) is 29.8 Å². The molecule has 0 radical (unpaired) electrons. The van der Waals surface area contributed by atoms with Crippen molar-refractivity contribution in [3.8, 4) is 0 Å². The molecule has 0 saturated heterocycles. The predicted octanol–water partition coefficient (Wildman–Crippen LogP) is 2.44. The predicted molar refractivity (Wildman–Crippen MR) is 77.6 cm³/mol. The number of aryl methyl sites for hydroxylation is 1. The Labute approximate surface area is 120 Å². The van der Waals surface area contributed by atoms with Gasteiger partial charge in [0.2, 0.25) is 0 Å². The Morgan fingerprint density at radius 2 is 1.94 bits per heavy atom. The van der Waals surface area contributed by atoms with Gasteiger partial charge in [-0.1, -0.05) is 19.9 Å². The zero-order valence-electron chi connectivity index (χ0n) is 10.5. The molecule has 0 heterocycles. The van der Waals surface area contributed by atoms with Crippen LogP contribution in [0.25, 0.3) is 0 Å². The number of rotatable bonds is 4. The second-order valence-corrected chi connectivity index (χ2v) is 5.66. The van der Waals surface area contributed by atoms with Gasteiger partial charge in [-0.3, -0.25) is 4.79 Å². The van der Waals surface area contributed by atoms with Crippen molar-refractivity contribution in [3.05, 3.63) is 32.9 Å². The second kappa shape index (κ2) is 6.17. The van der Waals surface area contributed by atoms with Crippen LogP contribution in [0.15, 0.2) is 18.2 Å². The van der Waals surface area contributed by atoms with Crippen molar-refractivity contribution in [3.63, 3.8) is 0 Å². The van der Waals surface area contributed by atoms with Crippen molar-refractivity contribution < 1.29 is 14.7 Å². The number of carboxylic acids is 1. The lowest BCUT2D eigenvalue weighted by atomic mass is 10.0. The Bertz CT molecular complexity index is 471. The maximum Gasteiger partial charge on any atom is 0.326 e. The SMILES string of the molecule is Cc1ccc(C(=O)N[C@H](C(=O)O)C(C)C)cc1I. The lowest BCUT2D eigenvalue weighted by Crippen LogP contribution is -2.44.